The fraction of sp³-hybridized carbons (Fsp3) is 0.438. The summed E-state index contributed by atoms with van der Waals surface area (Å²) in [4.78, 5) is 14.8. The van der Waals surface area contributed by atoms with Crippen molar-refractivity contribution in [3.05, 3.63) is 45.3 Å². The van der Waals surface area contributed by atoms with Crippen molar-refractivity contribution >= 4 is 22.6 Å². The van der Waals surface area contributed by atoms with Crippen LogP contribution in [0.5, 0.6) is 0 Å². The Bertz CT molecular complexity index is 680. The molecule has 20 heavy (non-hydrogen) atoms. The van der Waals surface area contributed by atoms with Crippen molar-refractivity contribution in [1.82, 2.24) is 4.90 Å². The van der Waals surface area contributed by atoms with Gasteiger partial charge < -0.3 is 4.42 Å². The van der Waals surface area contributed by atoms with Crippen LogP contribution in [0.1, 0.15) is 25.3 Å². The van der Waals surface area contributed by atoms with Gasteiger partial charge >= 0.3 is 0 Å². The van der Waals surface area contributed by atoms with Crippen LogP contribution in [0.15, 0.2) is 33.7 Å². The zero-order valence-corrected chi connectivity index (χ0v) is 12.3. The normalized spacial score (nSPS) is 20.4. The number of piperidine rings is 1. The second-order valence-corrected chi connectivity index (χ2v) is 6.15. The van der Waals surface area contributed by atoms with Gasteiger partial charge in [-0.15, -0.1) is 0 Å². The van der Waals surface area contributed by atoms with Crippen molar-refractivity contribution in [2.24, 2.45) is 5.92 Å². The maximum atomic E-state index is 12.5. The fourth-order valence-corrected chi connectivity index (χ4v) is 3.10. The lowest BCUT2D eigenvalue weighted by molar-refractivity contribution is 0.175. The molecule has 1 aromatic carbocycles. The van der Waals surface area contributed by atoms with Gasteiger partial charge in [0.1, 0.15) is 5.58 Å². The summed E-state index contributed by atoms with van der Waals surface area (Å²) in [6, 6.07) is 5.16. The number of nitrogens with zero attached hydrogens (tertiary/aromatic N) is 1. The largest absolute Gasteiger partial charge is 0.464 e. The standard InChI is InChI=1S/C16H18ClNO2/c1-11-3-2-6-18(8-11)9-12-10-20-15-5-4-13(17)7-14(15)16(12)19/h4-5,7,10-11H,2-3,6,8-9H2,1H3/t11-/m1/s1. The molecule has 3 nitrogen and oxygen atoms in total. The molecule has 4 heteroatoms. The molecule has 0 aliphatic carbocycles. The highest BCUT2D eigenvalue weighted by Gasteiger charge is 2.18. The van der Waals surface area contributed by atoms with Crippen LogP contribution in [-0.2, 0) is 6.54 Å². The minimum atomic E-state index is 0.0342. The third-order valence-corrected chi connectivity index (χ3v) is 4.18. The molecule has 0 amide bonds. The molecule has 2 aromatic rings. The lowest BCUT2D eigenvalue weighted by Gasteiger charge is -2.30. The summed E-state index contributed by atoms with van der Waals surface area (Å²) in [5, 5.41) is 1.13. The van der Waals surface area contributed by atoms with E-state index >= 15 is 0 Å². The van der Waals surface area contributed by atoms with Crippen LogP contribution < -0.4 is 5.43 Å². The van der Waals surface area contributed by atoms with Gasteiger partial charge in [0.25, 0.3) is 0 Å². The summed E-state index contributed by atoms with van der Waals surface area (Å²) in [7, 11) is 0. The molecule has 0 radical (unpaired) electrons. The Kier molecular flexibility index (Phi) is 3.81. The van der Waals surface area contributed by atoms with Gasteiger partial charge in [-0.2, -0.15) is 0 Å². The van der Waals surface area contributed by atoms with Crippen molar-refractivity contribution in [1.29, 1.82) is 0 Å². The van der Waals surface area contributed by atoms with Crippen molar-refractivity contribution in [3.63, 3.8) is 0 Å². The summed E-state index contributed by atoms with van der Waals surface area (Å²) in [6.07, 6.45) is 4.07. The molecular formula is C16H18ClNO2. The predicted molar refractivity (Wildman–Crippen MR) is 81.2 cm³/mol. The Labute approximate surface area is 123 Å². The summed E-state index contributed by atoms with van der Waals surface area (Å²) < 4.78 is 5.56. The average molecular weight is 292 g/mol. The monoisotopic (exact) mass is 291 g/mol. The van der Waals surface area contributed by atoms with E-state index in [2.05, 4.69) is 11.8 Å². The lowest BCUT2D eigenvalue weighted by atomic mass is 10.00. The summed E-state index contributed by atoms with van der Waals surface area (Å²) in [5.74, 6) is 0.700. The molecule has 0 unspecified atom stereocenters. The maximum Gasteiger partial charge on any atom is 0.197 e. The molecule has 1 saturated heterocycles. The van der Waals surface area contributed by atoms with E-state index in [1.807, 2.05) is 0 Å². The molecule has 1 aliphatic rings. The highest BCUT2D eigenvalue weighted by molar-refractivity contribution is 6.31. The zero-order valence-electron chi connectivity index (χ0n) is 11.6. The van der Waals surface area contributed by atoms with Crippen molar-refractivity contribution in [2.45, 2.75) is 26.3 Å². The van der Waals surface area contributed by atoms with Crippen LogP contribution in [0.2, 0.25) is 5.02 Å². The number of hydrogen-bond donors (Lipinski definition) is 0. The third-order valence-electron chi connectivity index (χ3n) is 3.94. The minimum absolute atomic E-state index is 0.0342. The van der Waals surface area contributed by atoms with Crippen LogP contribution in [0.3, 0.4) is 0 Å². The van der Waals surface area contributed by atoms with E-state index in [-0.39, 0.29) is 5.43 Å². The predicted octanol–water partition coefficient (Wildman–Crippen LogP) is 3.68. The summed E-state index contributed by atoms with van der Waals surface area (Å²) >= 11 is 5.96. The zero-order chi connectivity index (χ0) is 14.1. The molecule has 1 aliphatic heterocycles. The van der Waals surface area contributed by atoms with Gasteiger partial charge in [0.05, 0.1) is 11.6 Å². The number of likely N-dealkylation sites (tertiary alicyclic amines) is 1. The Morgan fingerprint density at radius 1 is 1.45 bits per heavy atom. The van der Waals surface area contributed by atoms with Gasteiger partial charge in [0.2, 0.25) is 0 Å². The van der Waals surface area contributed by atoms with Gasteiger partial charge in [-0.3, -0.25) is 9.69 Å². The summed E-state index contributed by atoms with van der Waals surface area (Å²) in [6.45, 7) is 5.02. The van der Waals surface area contributed by atoms with E-state index in [1.54, 1.807) is 24.5 Å². The maximum absolute atomic E-state index is 12.5. The second kappa shape index (κ2) is 5.58. The molecule has 1 aromatic heterocycles. The second-order valence-electron chi connectivity index (χ2n) is 5.71. The number of rotatable bonds is 2. The highest BCUT2D eigenvalue weighted by atomic mass is 35.5. The quantitative estimate of drug-likeness (QED) is 0.846. The van der Waals surface area contributed by atoms with Crippen LogP contribution >= 0.6 is 11.6 Å². The first kappa shape index (κ1) is 13.7. The van der Waals surface area contributed by atoms with Crippen molar-refractivity contribution < 1.29 is 4.42 Å². The summed E-state index contributed by atoms with van der Waals surface area (Å²) in [5.41, 5.74) is 1.34. The number of benzene rings is 1. The lowest BCUT2D eigenvalue weighted by Crippen LogP contribution is -2.35. The Hall–Kier alpha value is -1.32. The van der Waals surface area contributed by atoms with E-state index in [1.165, 1.54) is 12.8 Å². The van der Waals surface area contributed by atoms with Crippen molar-refractivity contribution in [2.75, 3.05) is 13.1 Å². The van der Waals surface area contributed by atoms with Crippen molar-refractivity contribution in [3.8, 4) is 0 Å². The van der Waals surface area contributed by atoms with E-state index in [0.29, 0.717) is 34.0 Å². The Morgan fingerprint density at radius 2 is 2.30 bits per heavy atom. The molecule has 0 N–H and O–H groups in total. The number of hydrogen-bond acceptors (Lipinski definition) is 3. The molecule has 1 atom stereocenters. The Morgan fingerprint density at radius 3 is 3.10 bits per heavy atom. The van der Waals surface area contributed by atoms with Gasteiger partial charge in [-0.25, -0.2) is 0 Å². The number of fused-ring (bicyclic) bond motifs is 1. The molecule has 0 saturated carbocycles. The highest BCUT2D eigenvalue weighted by Crippen LogP contribution is 2.20. The SMILES string of the molecule is C[C@@H]1CCCN(Cc2coc3ccc(Cl)cc3c2=O)C1. The number of halogens is 1. The van der Waals surface area contributed by atoms with E-state index < -0.39 is 0 Å². The van der Waals surface area contributed by atoms with E-state index in [9.17, 15) is 4.79 Å². The van der Waals surface area contributed by atoms with E-state index in [0.717, 1.165) is 13.1 Å². The molecular weight excluding hydrogens is 274 g/mol. The van der Waals surface area contributed by atoms with Crippen LogP contribution in [0, 0.1) is 5.92 Å². The minimum Gasteiger partial charge on any atom is -0.464 e. The first-order valence-corrected chi connectivity index (χ1v) is 7.43. The smallest absolute Gasteiger partial charge is 0.197 e. The van der Waals surface area contributed by atoms with Gasteiger partial charge in [0.15, 0.2) is 5.43 Å². The fourth-order valence-electron chi connectivity index (χ4n) is 2.92. The molecule has 3 rings (SSSR count). The molecule has 0 spiro atoms. The van der Waals surface area contributed by atoms with E-state index in [4.69, 9.17) is 16.0 Å². The van der Waals surface area contributed by atoms with Crippen LogP contribution in [0.4, 0.5) is 0 Å². The first-order valence-electron chi connectivity index (χ1n) is 7.06. The topological polar surface area (TPSA) is 33.5 Å². The molecule has 106 valence electrons. The molecule has 2 heterocycles. The van der Waals surface area contributed by atoms with Gasteiger partial charge in [0, 0.05) is 23.7 Å². The van der Waals surface area contributed by atoms with Crippen LogP contribution in [0.25, 0.3) is 11.0 Å². The van der Waals surface area contributed by atoms with Gasteiger partial charge in [-0.05, 0) is 43.5 Å². The van der Waals surface area contributed by atoms with Gasteiger partial charge in [-0.1, -0.05) is 18.5 Å². The van der Waals surface area contributed by atoms with Crippen LogP contribution in [-0.4, -0.2) is 18.0 Å². The molecule has 0 bridgehead atoms. The third kappa shape index (κ3) is 2.74. The average Bonchev–Trinajstić information content (AvgIpc) is 2.43. The Balaban J connectivity index is 1.92. The molecule has 1 fully saturated rings. The first-order chi connectivity index (χ1) is 9.63.